The Kier molecular flexibility index (Phi) is 6.57. The van der Waals surface area contributed by atoms with Gasteiger partial charge >= 0.3 is 0 Å². The molecular formula is C16H25NO2. The molecule has 106 valence electrons. The number of hydrogen-bond acceptors (Lipinski definition) is 2. The van der Waals surface area contributed by atoms with Gasteiger partial charge in [-0.1, -0.05) is 44.2 Å². The van der Waals surface area contributed by atoms with Crippen molar-refractivity contribution in [3.8, 4) is 0 Å². The van der Waals surface area contributed by atoms with Crippen LogP contribution in [0.3, 0.4) is 0 Å². The number of carbonyl (C=O) groups is 1. The smallest absolute Gasteiger partial charge is 0.220 e. The fourth-order valence-corrected chi connectivity index (χ4v) is 1.95. The largest absolute Gasteiger partial charge is 0.388 e. The number of hydrogen-bond donors (Lipinski definition) is 2. The van der Waals surface area contributed by atoms with Crippen molar-refractivity contribution in [3.05, 3.63) is 35.9 Å². The number of rotatable bonds is 8. The van der Waals surface area contributed by atoms with Crippen LogP contribution >= 0.6 is 0 Å². The molecule has 1 amide bonds. The second kappa shape index (κ2) is 7.95. The normalized spacial score (nSPS) is 11.3. The van der Waals surface area contributed by atoms with E-state index in [1.54, 1.807) is 0 Å². The highest BCUT2D eigenvalue weighted by Gasteiger charge is 2.22. The van der Waals surface area contributed by atoms with E-state index < -0.39 is 5.60 Å². The van der Waals surface area contributed by atoms with Crippen LogP contribution in [0.15, 0.2) is 30.3 Å². The number of aliphatic hydroxyl groups is 1. The summed E-state index contributed by atoms with van der Waals surface area (Å²) in [6.45, 7) is 4.22. The zero-order chi connectivity index (χ0) is 14.1. The van der Waals surface area contributed by atoms with Crippen molar-refractivity contribution in [2.75, 3.05) is 6.54 Å². The standard InChI is InChI=1S/C16H25NO2/c1-3-16(19,4-2)13-17-15(18)12-8-11-14-9-6-5-7-10-14/h5-7,9-10,19H,3-4,8,11-13H2,1-2H3,(H,17,18). The third-order valence-corrected chi connectivity index (χ3v) is 3.64. The lowest BCUT2D eigenvalue weighted by Gasteiger charge is -2.25. The van der Waals surface area contributed by atoms with Gasteiger partial charge in [0.05, 0.1) is 5.60 Å². The van der Waals surface area contributed by atoms with E-state index in [4.69, 9.17) is 0 Å². The summed E-state index contributed by atoms with van der Waals surface area (Å²) in [6.07, 6.45) is 3.59. The molecule has 19 heavy (non-hydrogen) atoms. The van der Waals surface area contributed by atoms with Crippen LogP contribution in [-0.2, 0) is 11.2 Å². The minimum Gasteiger partial charge on any atom is -0.388 e. The Hall–Kier alpha value is -1.35. The summed E-state index contributed by atoms with van der Waals surface area (Å²) >= 11 is 0. The van der Waals surface area contributed by atoms with Gasteiger partial charge in [-0.05, 0) is 31.2 Å². The van der Waals surface area contributed by atoms with Crippen molar-refractivity contribution in [2.45, 2.75) is 51.6 Å². The first kappa shape index (κ1) is 15.7. The molecule has 0 saturated heterocycles. The van der Waals surface area contributed by atoms with Gasteiger partial charge in [-0.2, -0.15) is 0 Å². The summed E-state index contributed by atoms with van der Waals surface area (Å²) < 4.78 is 0. The first-order valence-electron chi connectivity index (χ1n) is 7.12. The third kappa shape index (κ3) is 5.88. The molecule has 0 radical (unpaired) electrons. The summed E-state index contributed by atoms with van der Waals surface area (Å²) in [5, 5.41) is 12.9. The summed E-state index contributed by atoms with van der Waals surface area (Å²) in [7, 11) is 0. The van der Waals surface area contributed by atoms with Crippen molar-refractivity contribution in [3.63, 3.8) is 0 Å². The number of nitrogens with one attached hydrogen (secondary N) is 1. The van der Waals surface area contributed by atoms with Crippen molar-refractivity contribution in [2.24, 2.45) is 0 Å². The Balaban J connectivity index is 2.22. The van der Waals surface area contributed by atoms with Crippen LogP contribution in [0, 0.1) is 0 Å². The van der Waals surface area contributed by atoms with Gasteiger partial charge in [0.15, 0.2) is 0 Å². The molecule has 0 heterocycles. The minimum absolute atomic E-state index is 0.0243. The highest BCUT2D eigenvalue weighted by molar-refractivity contribution is 5.75. The van der Waals surface area contributed by atoms with Gasteiger partial charge in [0.2, 0.25) is 5.91 Å². The van der Waals surface area contributed by atoms with Crippen LogP contribution in [0.25, 0.3) is 0 Å². The molecule has 1 rings (SSSR count). The van der Waals surface area contributed by atoms with E-state index in [2.05, 4.69) is 17.4 Å². The van der Waals surface area contributed by atoms with E-state index in [0.29, 0.717) is 25.8 Å². The maximum Gasteiger partial charge on any atom is 0.220 e. The molecule has 0 aromatic heterocycles. The zero-order valence-corrected chi connectivity index (χ0v) is 12.0. The van der Waals surface area contributed by atoms with Gasteiger partial charge in [0.25, 0.3) is 0 Å². The van der Waals surface area contributed by atoms with E-state index in [0.717, 1.165) is 12.8 Å². The molecule has 3 heteroatoms. The second-order valence-corrected chi connectivity index (χ2v) is 5.05. The quantitative estimate of drug-likeness (QED) is 0.757. The lowest BCUT2D eigenvalue weighted by molar-refractivity contribution is -0.122. The first-order valence-corrected chi connectivity index (χ1v) is 7.12. The molecule has 0 saturated carbocycles. The lowest BCUT2D eigenvalue weighted by atomic mass is 9.97. The van der Waals surface area contributed by atoms with Gasteiger partial charge in [-0.15, -0.1) is 0 Å². The summed E-state index contributed by atoms with van der Waals surface area (Å²) in [6, 6.07) is 10.2. The molecule has 0 aliphatic carbocycles. The SMILES string of the molecule is CCC(O)(CC)CNC(=O)CCCc1ccccc1. The third-order valence-electron chi connectivity index (χ3n) is 3.64. The minimum atomic E-state index is -0.755. The average Bonchev–Trinajstić information content (AvgIpc) is 2.46. The second-order valence-electron chi connectivity index (χ2n) is 5.05. The number of amides is 1. The van der Waals surface area contributed by atoms with E-state index >= 15 is 0 Å². The summed E-state index contributed by atoms with van der Waals surface area (Å²) in [4.78, 5) is 11.7. The predicted octanol–water partition coefficient (Wildman–Crippen LogP) is 2.68. The number of benzene rings is 1. The van der Waals surface area contributed by atoms with Crippen molar-refractivity contribution in [1.82, 2.24) is 5.32 Å². The Labute approximate surface area is 116 Å². The van der Waals surface area contributed by atoms with Crippen LogP contribution < -0.4 is 5.32 Å². The van der Waals surface area contributed by atoms with Crippen LogP contribution in [0.1, 0.15) is 45.1 Å². The monoisotopic (exact) mass is 263 g/mol. The Morgan fingerprint density at radius 2 is 1.84 bits per heavy atom. The van der Waals surface area contributed by atoms with Crippen LogP contribution in [-0.4, -0.2) is 23.2 Å². The molecule has 0 fully saturated rings. The van der Waals surface area contributed by atoms with E-state index in [1.807, 2.05) is 32.0 Å². The fraction of sp³-hybridized carbons (Fsp3) is 0.562. The highest BCUT2D eigenvalue weighted by atomic mass is 16.3. The van der Waals surface area contributed by atoms with E-state index in [-0.39, 0.29) is 5.91 Å². The van der Waals surface area contributed by atoms with Gasteiger partial charge in [0, 0.05) is 13.0 Å². The zero-order valence-electron chi connectivity index (χ0n) is 12.0. The van der Waals surface area contributed by atoms with Crippen molar-refractivity contribution in [1.29, 1.82) is 0 Å². The summed E-state index contributed by atoms with van der Waals surface area (Å²) in [5.74, 6) is 0.0243. The topological polar surface area (TPSA) is 49.3 Å². The molecule has 0 bridgehead atoms. The van der Waals surface area contributed by atoms with Crippen molar-refractivity contribution < 1.29 is 9.90 Å². The van der Waals surface area contributed by atoms with Crippen LogP contribution in [0.4, 0.5) is 0 Å². The maximum atomic E-state index is 11.7. The van der Waals surface area contributed by atoms with Crippen molar-refractivity contribution >= 4 is 5.91 Å². The molecule has 0 aliphatic heterocycles. The molecule has 1 aromatic rings. The summed E-state index contributed by atoms with van der Waals surface area (Å²) in [5.41, 5.74) is 0.503. The molecular weight excluding hydrogens is 238 g/mol. The molecule has 3 nitrogen and oxygen atoms in total. The van der Waals surface area contributed by atoms with Gasteiger partial charge in [-0.3, -0.25) is 4.79 Å². The van der Waals surface area contributed by atoms with E-state index in [9.17, 15) is 9.90 Å². The number of carbonyl (C=O) groups excluding carboxylic acids is 1. The van der Waals surface area contributed by atoms with Gasteiger partial charge < -0.3 is 10.4 Å². The molecule has 1 aromatic carbocycles. The van der Waals surface area contributed by atoms with Crippen LogP contribution in [0.5, 0.6) is 0 Å². The van der Waals surface area contributed by atoms with Crippen LogP contribution in [0.2, 0.25) is 0 Å². The average molecular weight is 263 g/mol. The molecule has 0 unspecified atom stereocenters. The fourth-order valence-electron chi connectivity index (χ4n) is 1.95. The predicted molar refractivity (Wildman–Crippen MR) is 77.9 cm³/mol. The Morgan fingerprint density at radius 3 is 2.42 bits per heavy atom. The van der Waals surface area contributed by atoms with Gasteiger partial charge in [0.1, 0.15) is 0 Å². The first-order chi connectivity index (χ1) is 9.09. The lowest BCUT2D eigenvalue weighted by Crippen LogP contribution is -2.41. The number of aryl methyl sites for hydroxylation is 1. The molecule has 0 spiro atoms. The van der Waals surface area contributed by atoms with Gasteiger partial charge in [-0.25, -0.2) is 0 Å². The maximum absolute atomic E-state index is 11.7. The molecule has 0 atom stereocenters. The Morgan fingerprint density at radius 1 is 1.21 bits per heavy atom. The Bertz CT molecular complexity index is 372. The molecule has 2 N–H and O–H groups in total. The highest BCUT2D eigenvalue weighted by Crippen LogP contribution is 2.13. The molecule has 0 aliphatic rings. The van der Waals surface area contributed by atoms with E-state index in [1.165, 1.54) is 5.56 Å².